The van der Waals surface area contributed by atoms with E-state index in [4.69, 9.17) is 0 Å². The first-order valence-electron chi connectivity index (χ1n) is 7.36. The fraction of sp³-hybridized carbons (Fsp3) is 0.368. The predicted octanol–water partition coefficient (Wildman–Crippen LogP) is 5.49. The predicted molar refractivity (Wildman–Crippen MR) is 83.6 cm³/mol. The molecule has 2 rings (SSSR count). The van der Waals surface area contributed by atoms with Gasteiger partial charge in [0.05, 0.1) is 0 Å². The average Bonchev–Trinajstić information content (AvgIpc) is 2.47. The zero-order valence-electron chi connectivity index (χ0n) is 12.3. The molecule has 1 atom stereocenters. The van der Waals surface area contributed by atoms with E-state index < -0.39 is 0 Å². The fourth-order valence-electron chi connectivity index (χ4n) is 3.30. The van der Waals surface area contributed by atoms with Crippen LogP contribution in [0.2, 0.25) is 0 Å². The molecular weight excluding hydrogens is 228 g/mol. The van der Waals surface area contributed by atoms with Crippen LogP contribution in [0.1, 0.15) is 49.8 Å². The third-order valence-corrected chi connectivity index (χ3v) is 4.27. The van der Waals surface area contributed by atoms with Gasteiger partial charge in [0.2, 0.25) is 0 Å². The monoisotopic (exact) mass is 252 g/mol. The number of benzene rings is 2. The summed E-state index contributed by atoms with van der Waals surface area (Å²) in [4.78, 5) is 0. The molecule has 0 saturated heterocycles. The Balaban J connectivity index is 2.61. The molecule has 0 heteroatoms. The maximum Gasteiger partial charge on any atom is 0.0202 e. The van der Waals surface area contributed by atoms with E-state index in [9.17, 15) is 0 Å². The summed E-state index contributed by atoms with van der Waals surface area (Å²) in [5.74, 6) is 0. The second-order valence-corrected chi connectivity index (χ2v) is 5.37. The van der Waals surface area contributed by atoms with Gasteiger partial charge in [-0.15, -0.1) is 0 Å². The van der Waals surface area contributed by atoms with Crippen molar-refractivity contribution in [2.75, 3.05) is 0 Å². The van der Waals surface area contributed by atoms with E-state index in [1.165, 1.54) is 29.5 Å². The lowest BCUT2D eigenvalue weighted by Crippen LogP contribution is -2.27. The van der Waals surface area contributed by atoms with Crippen molar-refractivity contribution in [1.82, 2.24) is 0 Å². The van der Waals surface area contributed by atoms with E-state index >= 15 is 0 Å². The summed E-state index contributed by atoms with van der Waals surface area (Å²) >= 11 is 0. The van der Waals surface area contributed by atoms with Crippen LogP contribution >= 0.6 is 0 Å². The minimum absolute atomic E-state index is 0.168. The SMILES string of the molecule is CCCC(CC)(c1ccccc1)c1ccccc1C. The number of aryl methyl sites for hydroxylation is 1. The second-order valence-electron chi connectivity index (χ2n) is 5.37. The molecule has 0 saturated carbocycles. The van der Waals surface area contributed by atoms with Crippen molar-refractivity contribution < 1.29 is 0 Å². The van der Waals surface area contributed by atoms with Crippen molar-refractivity contribution in [3.8, 4) is 0 Å². The third kappa shape index (κ3) is 2.58. The second kappa shape index (κ2) is 6.06. The molecule has 1 unspecified atom stereocenters. The van der Waals surface area contributed by atoms with E-state index in [-0.39, 0.29) is 5.41 Å². The van der Waals surface area contributed by atoms with Crippen LogP contribution in [0.15, 0.2) is 54.6 Å². The minimum Gasteiger partial charge on any atom is -0.0653 e. The quantitative estimate of drug-likeness (QED) is 0.660. The topological polar surface area (TPSA) is 0 Å². The lowest BCUT2D eigenvalue weighted by Gasteiger charge is -2.35. The third-order valence-electron chi connectivity index (χ3n) is 4.27. The van der Waals surface area contributed by atoms with Crippen LogP contribution in [0.4, 0.5) is 0 Å². The maximum absolute atomic E-state index is 2.31. The molecule has 100 valence electrons. The Hall–Kier alpha value is -1.56. The van der Waals surface area contributed by atoms with E-state index in [2.05, 4.69) is 75.4 Å². The zero-order valence-corrected chi connectivity index (χ0v) is 12.3. The molecule has 0 aromatic heterocycles. The lowest BCUT2D eigenvalue weighted by atomic mass is 9.68. The van der Waals surface area contributed by atoms with E-state index in [0.29, 0.717) is 0 Å². The van der Waals surface area contributed by atoms with Crippen LogP contribution in [-0.4, -0.2) is 0 Å². The highest BCUT2D eigenvalue weighted by Gasteiger charge is 2.32. The molecule has 0 nitrogen and oxygen atoms in total. The van der Waals surface area contributed by atoms with Gasteiger partial charge in [0, 0.05) is 5.41 Å². The Morgan fingerprint density at radius 3 is 2.05 bits per heavy atom. The van der Waals surface area contributed by atoms with Crippen molar-refractivity contribution in [3.05, 3.63) is 71.3 Å². The Morgan fingerprint density at radius 2 is 1.47 bits per heavy atom. The Kier molecular flexibility index (Phi) is 4.42. The van der Waals surface area contributed by atoms with Crippen LogP contribution in [0, 0.1) is 6.92 Å². The van der Waals surface area contributed by atoms with E-state index in [0.717, 1.165) is 6.42 Å². The van der Waals surface area contributed by atoms with Crippen molar-refractivity contribution in [3.63, 3.8) is 0 Å². The van der Waals surface area contributed by atoms with Gasteiger partial charge in [-0.05, 0) is 36.5 Å². The molecule has 0 bridgehead atoms. The number of rotatable bonds is 5. The van der Waals surface area contributed by atoms with Crippen LogP contribution in [0.5, 0.6) is 0 Å². The summed E-state index contributed by atoms with van der Waals surface area (Å²) in [6.07, 6.45) is 3.56. The van der Waals surface area contributed by atoms with Gasteiger partial charge < -0.3 is 0 Å². The molecule has 0 N–H and O–H groups in total. The van der Waals surface area contributed by atoms with Gasteiger partial charge in [-0.2, -0.15) is 0 Å². The highest BCUT2D eigenvalue weighted by molar-refractivity contribution is 5.43. The van der Waals surface area contributed by atoms with Crippen LogP contribution in [0.25, 0.3) is 0 Å². The smallest absolute Gasteiger partial charge is 0.0202 e. The first-order valence-corrected chi connectivity index (χ1v) is 7.36. The van der Waals surface area contributed by atoms with Gasteiger partial charge >= 0.3 is 0 Å². The van der Waals surface area contributed by atoms with E-state index in [1.807, 2.05) is 0 Å². The minimum atomic E-state index is 0.168. The summed E-state index contributed by atoms with van der Waals surface area (Å²) in [7, 11) is 0. The van der Waals surface area contributed by atoms with Gasteiger partial charge in [0.1, 0.15) is 0 Å². The number of hydrogen-bond acceptors (Lipinski definition) is 0. The van der Waals surface area contributed by atoms with Crippen LogP contribution in [-0.2, 0) is 5.41 Å². The van der Waals surface area contributed by atoms with Gasteiger partial charge in [-0.25, -0.2) is 0 Å². The molecule has 0 amide bonds. The summed E-state index contributed by atoms with van der Waals surface area (Å²) in [5, 5.41) is 0. The first kappa shape index (κ1) is 13.9. The summed E-state index contributed by atoms with van der Waals surface area (Å²) in [5.41, 5.74) is 4.52. The van der Waals surface area contributed by atoms with Crippen LogP contribution in [0.3, 0.4) is 0 Å². The van der Waals surface area contributed by atoms with Crippen LogP contribution < -0.4 is 0 Å². The lowest BCUT2D eigenvalue weighted by molar-refractivity contribution is 0.448. The Bertz CT molecular complexity index is 513. The van der Waals surface area contributed by atoms with Gasteiger partial charge in [0.25, 0.3) is 0 Å². The molecule has 0 spiro atoms. The zero-order chi connectivity index (χ0) is 13.7. The summed E-state index contributed by atoms with van der Waals surface area (Å²) < 4.78 is 0. The van der Waals surface area contributed by atoms with Crippen molar-refractivity contribution >= 4 is 0 Å². The first-order chi connectivity index (χ1) is 9.24. The highest BCUT2D eigenvalue weighted by Crippen LogP contribution is 2.41. The molecule has 19 heavy (non-hydrogen) atoms. The fourth-order valence-corrected chi connectivity index (χ4v) is 3.30. The molecule has 0 fully saturated rings. The van der Waals surface area contributed by atoms with Crippen molar-refractivity contribution in [2.45, 2.75) is 45.4 Å². The average molecular weight is 252 g/mol. The molecule has 0 heterocycles. The molecule has 0 aliphatic heterocycles. The normalized spacial score (nSPS) is 14.1. The van der Waals surface area contributed by atoms with Crippen molar-refractivity contribution in [1.29, 1.82) is 0 Å². The van der Waals surface area contributed by atoms with E-state index in [1.54, 1.807) is 0 Å². The van der Waals surface area contributed by atoms with Gasteiger partial charge in [-0.3, -0.25) is 0 Å². The molecule has 2 aromatic carbocycles. The summed E-state index contributed by atoms with van der Waals surface area (Å²) in [6.45, 7) is 6.83. The maximum atomic E-state index is 2.31. The molecule has 2 aromatic rings. The standard InChI is InChI=1S/C19H24/c1-4-15-19(5-2,17-12-7-6-8-13-17)18-14-10-9-11-16(18)3/h6-14H,4-5,15H2,1-3H3. The Labute approximate surface area is 117 Å². The molecule has 0 radical (unpaired) electrons. The largest absolute Gasteiger partial charge is 0.0653 e. The highest BCUT2D eigenvalue weighted by atomic mass is 14.4. The Morgan fingerprint density at radius 1 is 0.842 bits per heavy atom. The van der Waals surface area contributed by atoms with Crippen molar-refractivity contribution in [2.24, 2.45) is 0 Å². The molecular formula is C19H24. The summed E-state index contributed by atoms with van der Waals surface area (Å²) in [6, 6.07) is 19.8. The van der Waals surface area contributed by atoms with Gasteiger partial charge in [-0.1, -0.05) is 74.9 Å². The number of hydrogen-bond donors (Lipinski definition) is 0. The molecule has 0 aliphatic carbocycles. The van der Waals surface area contributed by atoms with Gasteiger partial charge in [0.15, 0.2) is 0 Å². The molecule has 0 aliphatic rings.